The average Bonchev–Trinajstić information content (AvgIpc) is 3.22. The molecular weight excluding hydrogens is 370 g/mol. The molecule has 2 aromatic carbocycles. The molecule has 4 nitrogen and oxygen atoms in total. The van der Waals surface area contributed by atoms with E-state index in [9.17, 15) is 4.79 Å². The lowest BCUT2D eigenvalue weighted by Gasteiger charge is -2.14. The Hall–Kier alpha value is -2.66. The van der Waals surface area contributed by atoms with Crippen LogP contribution in [-0.2, 0) is 29.5 Å². The maximum Gasteiger partial charge on any atom is 0.231 e. The van der Waals surface area contributed by atoms with Gasteiger partial charge in [-0.2, -0.15) is 0 Å². The van der Waals surface area contributed by atoms with E-state index < -0.39 is 0 Å². The number of Topliss-reactive ketones (excluding diaryl/α,β-unsaturated/α-hetero) is 1. The Morgan fingerprint density at radius 1 is 1.07 bits per heavy atom. The van der Waals surface area contributed by atoms with E-state index >= 15 is 0 Å². The summed E-state index contributed by atoms with van der Waals surface area (Å²) in [5.74, 6) is 1.78. The van der Waals surface area contributed by atoms with Crippen LogP contribution in [0.2, 0.25) is 0 Å². The van der Waals surface area contributed by atoms with E-state index in [1.807, 2.05) is 18.2 Å². The topological polar surface area (TPSA) is 48.4 Å². The van der Waals surface area contributed by atoms with Gasteiger partial charge in [-0.1, -0.05) is 30.3 Å². The number of benzene rings is 2. The summed E-state index contributed by atoms with van der Waals surface area (Å²) in [5.41, 5.74) is 4.51. The number of ether oxygens (including phenoxy) is 2. The summed E-state index contributed by atoms with van der Waals surface area (Å²) in [7, 11) is 0. The summed E-state index contributed by atoms with van der Waals surface area (Å²) in [6.07, 6.45) is 4.21. The van der Waals surface area contributed by atoms with Gasteiger partial charge in [-0.25, -0.2) is 4.98 Å². The molecule has 0 bridgehead atoms. The molecule has 6 rings (SSSR count). The van der Waals surface area contributed by atoms with E-state index in [4.69, 9.17) is 14.5 Å². The molecule has 1 saturated carbocycles. The summed E-state index contributed by atoms with van der Waals surface area (Å²) in [5, 5.41) is 0.943. The van der Waals surface area contributed by atoms with Crippen LogP contribution in [0, 0.1) is 0 Å². The standard InChI is InChI=1S/C23H19NO3S/c25-20(23(9-10-23)15-6-8-18-19(11-15)27-13-26-18)12-21-24-17-7-5-14-3-1-2-4-16(14)22(17)28-21/h1-4,6,8,11H,5,7,9-10,12-13H2. The molecule has 3 aliphatic rings. The Balaban J connectivity index is 1.28. The van der Waals surface area contributed by atoms with Gasteiger partial charge in [0.2, 0.25) is 6.79 Å². The first kappa shape index (κ1) is 16.3. The number of ketones is 1. The van der Waals surface area contributed by atoms with Crippen molar-refractivity contribution in [2.75, 3.05) is 6.79 Å². The molecule has 0 spiro atoms. The molecule has 2 heterocycles. The van der Waals surface area contributed by atoms with Gasteiger partial charge in [0.1, 0.15) is 10.8 Å². The number of aromatic nitrogens is 1. The molecule has 0 N–H and O–H groups in total. The van der Waals surface area contributed by atoms with Gasteiger partial charge in [-0.15, -0.1) is 11.3 Å². The normalized spacial score (nSPS) is 17.7. The lowest BCUT2D eigenvalue weighted by atomic mass is 9.89. The molecule has 0 unspecified atom stereocenters. The zero-order chi connectivity index (χ0) is 18.7. The van der Waals surface area contributed by atoms with Crippen molar-refractivity contribution < 1.29 is 14.3 Å². The third-order valence-electron chi connectivity index (χ3n) is 6.16. The van der Waals surface area contributed by atoms with E-state index in [0.29, 0.717) is 6.42 Å². The molecule has 1 fully saturated rings. The summed E-state index contributed by atoms with van der Waals surface area (Å²) in [4.78, 5) is 19.3. The summed E-state index contributed by atoms with van der Waals surface area (Å²) >= 11 is 1.69. The van der Waals surface area contributed by atoms with Crippen molar-refractivity contribution in [1.82, 2.24) is 4.98 Å². The highest BCUT2D eigenvalue weighted by Gasteiger charge is 2.51. The second-order valence-electron chi connectivity index (χ2n) is 7.79. The van der Waals surface area contributed by atoms with Crippen molar-refractivity contribution in [2.24, 2.45) is 0 Å². The third-order valence-corrected chi connectivity index (χ3v) is 7.29. The van der Waals surface area contributed by atoms with E-state index in [1.54, 1.807) is 11.3 Å². The molecule has 2 aliphatic carbocycles. The molecule has 5 heteroatoms. The minimum absolute atomic E-state index is 0.256. The van der Waals surface area contributed by atoms with Gasteiger partial charge in [-0.05, 0) is 54.5 Å². The number of nitrogens with zero attached hydrogens (tertiary/aromatic N) is 1. The van der Waals surface area contributed by atoms with Gasteiger partial charge in [0.15, 0.2) is 11.5 Å². The van der Waals surface area contributed by atoms with Crippen LogP contribution in [0.5, 0.6) is 11.5 Å². The highest BCUT2D eigenvalue weighted by atomic mass is 32.1. The number of hydrogen-bond acceptors (Lipinski definition) is 5. The van der Waals surface area contributed by atoms with E-state index in [2.05, 4.69) is 24.3 Å². The largest absolute Gasteiger partial charge is 0.454 e. The lowest BCUT2D eigenvalue weighted by molar-refractivity contribution is -0.120. The fourth-order valence-corrected chi connectivity index (χ4v) is 5.59. The number of hydrogen-bond donors (Lipinski definition) is 0. The van der Waals surface area contributed by atoms with Crippen molar-refractivity contribution in [1.29, 1.82) is 0 Å². The summed E-state index contributed by atoms with van der Waals surface area (Å²) in [6, 6.07) is 14.5. The zero-order valence-corrected chi connectivity index (χ0v) is 16.2. The van der Waals surface area contributed by atoms with E-state index in [0.717, 1.165) is 53.4 Å². The minimum Gasteiger partial charge on any atom is -0.454 e. The Labute approximate surface area is 167 Å². The van der Waals surface area contributed by atoms with Crippen LogP contribution in [0.4, 0.5) is 0 Å². The molecule has 1 aromatic heterocycles. The summed E-state index contributed by atoms with van der Waals surface area (Å²) in [6.45, 7) is 0.256. The van der Waals surface area contributed by atoms with Gasteiger partial charge < -0.3 is 9.47 Å². The quantitative estimate of drug-likeness (QED) is 0.660. The fourth-order valence-electron chi connectivity index (χ4n) is 4.42. The van der Waals surface area contributed by atoms with Crippen molar-refractivity contribution in [3.05, 3.63) is 64.3 Å². The maximum absolute atomic E-state index is 13.3. The van der Waals surface area contributed by atoms with Crippen LogP contribution in [0.1, 0.15) is 34.7 Å². The number of fused-ring (bicyclic) bond motifs is 4. The smallest absolute Gasteiger partial charge is 0.231 e. The molecule has 140 valence electrons. The monoisotopic (exact) mass is 389 g/mol. The molecule has 0 atom stereocenters. The number of thiazole rings is 1. The van der Waals surface area contributed by atoms with Crippen molar-refractivity contribution >= 4 is 17.1 Å². The van der Waals surface area contributed by atoms with Gasteiger partial charge in [0.05, 0.1) is 22.4 Å². The molecule has 0 saturated heterocycles. The lowest BCUT2D eigenvalue weighted by Crippen LogP contribution is -2.22. The first-order valence-corrected chi connectivity index (χ1v) is 10.5. The third kappa shape index (κ3) is 2.42. The van der Waals surface area contributed by atoms with Crippen LogP contribution in [-0.4, -0.2) is 17.6 Å². The molecule has 0 amide bonds. The number of carbonyl (C=O) groups is 1. The van der Waals surface area contributed by atoms with Gasteiger partial charge >= 0.3 is 0 Å². The fraction of sp³-hybridized carbons (Fsp3) is 0.304. The van der Waals surface area contributed by atoms with Gasteiger partial charge in [0.25, 0.3) is 0 Å². The summed E-state index contributed by atoms with van der Waals surface area (Å²) < 4.78 is 10.9. The van der Waals surface area contributed by atoms with Gasteiger partial charge in [0, 0.05) is 0 Å². The zero-order valence-electron chi connectivity index (χ0n) is 15.4. The Kier molecular flexibility index (Phi) is 3.45. The molecule has 1 aliphatic heterocycles. The van der Waals surface area contributed by atoms with Crippen LogP contribution >= 0.6 is 11.3 Å². The molecule has 0 radical (unpaired) electrons. The van der Waals surface area contributed by atoms with Crippen LogP contribution in [0.25, 0.3) is 10.4 Å². The Bertz CT molecular complexity index is 1110. The number of carbonyl (C=O) groups excluding carboxylic acids is 1. The molecular formula is C23H19NO3S. The maximum atomic E-state index is 13.3. The predicted octanol–water partition coefficient (Wildman–Crippen LogP) is 4.48. The van der Waals surface area contributed by atoms with E-state index in [-0.39, 0.29) is 18.0 Å². The first-order chi connectivity index (χ1) is 13.7. The highest BCUT2D eigenvalue weighted by molar-refractivity contribution is 7.15. The van der Waals surface area contributed by atoms with Crippen LogP contribution in [0.15, 0.2) is 42.5 Å². The second-order valence-corrected chi connectivity index (χ2v) is 8.87. The number of rotatable bonds is 4. The van der Waals surface area contributed by atoms with Gasteiger partial charge in [-0.3, -0.25) is 4.79 Å². The molecule has 28 heavy (non-hydrogen) atoms. The van der Waals surface area contributed by atoms with E-state index in [1.165, 1.54) is 16.0 Å². The first-order valence-electron chi connectivity index (χ1n) is 9.73. The number of aryl methyl sites for hydroxylation is 2. The molecule has 3 aromatic rings. The second kappa shape index (κ2) is 5.92. The van der Waals surface area contributed by atoms with Crippen molar-refractivity contribution in [2.45, 2.75) is 37.5 Å². The predicted molar refractivity (Wildman–Crippen MR) is 107 cm³/mol. The Morgan fingerprint density at radius 2 is 1.93 bits per heavy atom. The minimum atomic E-state index is -0.370. The van der Waals surface area contributed by atoms with Crippen LogP contribution < -0.4 is 9.47 Å². The van der Waals surface area contributed by atoms with Crippen molar-refractivity contribution in [3.63, 3.8) is 0 Å². The average molecular weight is 389 g/mol. The SMILES string of the molecule is O=C(Cc1nc2c(s1)-c1ccccc1CC2)C1(c2ccc3c(c2)OCO3)CC1. The van der Waals surface area contributed by atoms with Crippen molar-refractivity contribution in [3.8, 4) is 21.9 Å². The Morgan fingerprint density at radius 3 is 2.82 bits per heavy atom. The highest BCUT2D eigenvalue weighted by Crippen LogP contribution is 2.52. The van der Waals surface area contributed by atoms with Crippen LogP contribution in [0.3, 0.4) is 0 Å².